The number of hydrogen-bond acceptors (Lipinski definition) is 5. The number of aliphatic imine (C=N–C) groups is 1. The first-order valence-electron chi connectivity index (χ1n) is 19.3. The summed E-state index contributed by atoms with van der Waals surface area (Å²) in [5, 5.41) is 14.6. The van der Waals surface area contributed by atoms with Crippen LogP contribution in [0, 0.1) is 0 Å². The van der Waals surface area contributed by atoms with Gasteiger partial charge < -0.3 is 14.3 Å². The van der Waals surface area contributed by atoms with Gasteiger partial charge in [-0.1, -0.05) is 121 Å². The zero-order chi connectivity index (χ0) is 37.5. The van der Waals surface area contributed by atoms with Gasteiger partial charge in [0.25, 0.3) is 0 Å². The highest BCUT2D eigenvalue weighted by Crippen LogP contribution is 2.40. The lowest BCUT2D eigenvalue weighted by atomic mass is 10.00. The molecule has 1 aliphatic rings. The summed E-state index contributed by atoms with van der Waals surface area (Å²) < 4.78 is 11.5. The maximum atomic E-state index is 6.51. The molecule has 0 radical (unpaired) electrons. The molecule has 2 atom stereocenters. The van der Waals surface area contributed by atoms with Crippen molar-refractivity contribution >= 4 is 81.1 Å². The summed E-state index contributed by atoms with van der Waals surface area (Å²) in [6, 6.07) is 65.0. The second-order valence-electron chi connectivity index (χ2n) is 14.8. The van der Waals surface area contributed by atoms with Crippen molar-refractivity contribution < 1.29 is 4.42 Å². The summed E-state index contributed by atoms with van der Waals surface area (Å²) in [6.07, 6.45) is -0.293. The molecule has 2 unspecified atom stereocenters. The topological polar surface area (TPSA) is 54.5 Å². The van der Waals surface area contributed by atoms with Gasteiger partial charge in [0.2, 0.25) is 0 Å². The molecule has 0 bridgehead atoms. The Morgan fingerprint density at radius 3 is 1.89 bits per heavy atom. The van der Waals surface area contributed by atoms with Gasteiger partial charge in [0.05, 0.1) is 11.0 Å². The summed E-state index contributed by atoms with van der Waals surface area (Å²) in [5.41, 5.74) is 11.0. The Bertz CT molecular complexity index is 3320. The van der Waals surface area contributed by atoms with Gasteiger partial charge >= 0.3 is 0 Å². The van der Waals surface area contributed by atoms with Gasteiger partial charge in [0, 0.05) is 53.0 Å². The van der Waals surface area contributed by atoms with E-state index in [-0.39, 0.29) is 12.3 Å². The lowest BCUT2D eigenvalue weighted by molar-refractivity contribution is 0.409. The van der Waals surface area contributed by atoms with Gasteiger partial charge in [-0.3, -0.25) is 5.32 Å². The van der Waals surface area contributed by atoms with Crippen molar-refractivity contribution in [3.8, 4) is 16.8 Å². The van der Waals surface area contributed by atoms with Crippen molar-refractivity contribution in [1.29, 1.82) is 0 Å². The minimum absolute atomic E-state index is 0.0994. The second-order valence-corrected chi connectivity index (χ2v) is 15.9. The summed E-state index contributed by atoms with van der Waals surface area (Å²) in [6.45, 7) is 0. The average molecular weight is 751 g/mol. The SMILES string of the molecule is c1ccc(C2N=C(c3ccc4c(c3)oc3ccc(-c5ccc6sc7cc(-n8c9ccccc9c9ccccc98)ccc7c6c5)cc34)NC(c3ccccc3)N2)cc1. The van der Waals surface area contributed by atoms with Gasteiger partial charge in [-0.05, 0) is 82.9 Å². The number of furan rings is 1. The third kappa shape index (κ3) is 5.30. The molecule has 5 nitrogen and oxygen atoms in total. The van der Waals surface area contributed by atoms with Gasteiger partial charge in [0.15, 0.2) is 0 Å². The molecule has 2 N–H and O–H groups in total. The summed E-state index contributed by atoms with van der Waals surface area (Å²) in [7, 11) is 0. The molecule has 270 valence electrons. The number of fused-ring (bicyclic) bond motifs is 9. The molecule has 0 fully saturated rings. The Kier molecular flexibility index (Phi) is 7.24. The highest BCUT2D eigenvalue weighted by Gasteiger charge is 2.26. The van der Waals surface area contributed by atoms with E-state index in [1.165, 1.54) is 58.8 Å². The van der Waals surface area contributed by atoms with Crippen LogP contribution in [0.1, 0.15) is 29.0 Å². The number of aromatic nitrogens is 1. The van der Waals surface area contributed by atoms with Crippen molar-refractivity contribution in [3.05, 3.63) is 199 Å². The Labute approximate surface area is 332 Å². The highest BCUT2D eigenvalue weighted by atomic mass is 32.1. The van der Waals surface area contributed by atoms with Gasteiger partial charge in [-0.25, -0.2) is 4.99 Å². The van der Waals surface area contributed by atoms with Crippen LogP contribution < -0.4 is 10.6 Å². The van der Waals surface area contributed by atoms with E-state index >= 15 is 0 Å². The van der Waals surface area contributed by atoms with E-state index in [1.54, 1.807) is 0 Å². The molecule has 0 aliphatic carbocycles. The normalized spacial score (nSPS) is 15.9. The monoisotopic (exact) mass is 750 g/mol. The number of nitrogens with one attached hydrogen (secondary N) is 2. The predicted molar refractivity (Wildman–Crippen MR) is 238 cm³/mol. The predicted octanol–water partition coefficient (Wildman–Crippen LogP) is 13.1. The van der Waals surface area contributed by atoms with Crippen molar-refractivity contribution in [1.82, 2.24) is 15.2 Å². The summed E-state index contributed by atoms with van der Waals surface area (Å²) in [4.78, 5) is 5.15. The van der Waals surface area contributed by atoms with Crippen LogP contribution in [0.15, 0.2) is 191 Å². The molecule has 1 aliphatic heterocycles. The standard InChI is InChI=1S/C51H34N4OS/c1-3-11-31(12-4-1)49-52-50(32-13-5-2-6-14-32)54-51(53-49)35-19-23-39-41-27-33(20-25-45(41)56-46(39)29-35)34-21-26-47-42(28-34)40-24-22-36(30-48(40)57-47)55-43-17-9-7-15-37(43)38-16-8-10-18-44(38)55/h1-30,49-50,52H,(H,53,54). The Balaban J connectivity index is 0.902. The van der Waals surface area contributed by atoms with Gasteiger partial charge in [0.1, 0.15) is 29.3 Å². The minimum atomic E-state index is -0.193. The third-order valence-electron chi connectivity index (χ3n) is 11.5. The van der Waals surface area contributed by atoms with Crippen molar-refractivity contribution in [2.75, 3.05) is 0 Å². The zero-order valence-electron chi connectivity index (χ0n) is 30.7. The van der Waals surface area contributed by atoms with E-state index in [9.17, 15) is 0 Å². The molecule has 0 saturated carbocycles. The third-order valence-corrected chi connectivity index (χ3v) is 12.6. The van der Waals surface area contributed by atoms with Crippen LogP contribution in [0.2, 0.25) is 0 Å². The van der Waals surface area contributed by atoms with E-state index in [0.717, 1.165) is 44.5 Å². The number of nitrogens with zero attached hydrogens (tertiary/aromatic N) is 2. The molecule has 8 aromatic carbocycles. The van der Waals surface area contributed by atoms with E-state index in [1.807, 2.05) is 23.5 Å². The Morgan fingerprint density at radius 2 is 1.12 bits per heavy atom. The fourth-order valence-corrected chi connectivity index (χ4v) is 9.84. The fourth-order valence-electron chi connectivity index (χ4n) is 8.72. The number of rotatable bonds is 5. The number of thiophene rings is 1. The second kappa shape index (κ2) is 12.8. The van der Waals surface area contributed by atoms with Crippen molar-refractivity contribution in [3.63, 3.8) is 0 Å². The molecule has 4 heterocycles. The molecule has 0 spiro atoms. The smallest absolute Gasteiger partial charge is 0.136 e. The Hall–Kier alpha value is -6.99. The largest absolute Gasteiger partial charge is 0.456 e. The van der Waals surface area contributed by atoms with Gasteiger partial charge in [-0.15, -0.1) is 11.3 Å². The first-order valence-corrected chi connectivity index (χ1v) is 20.2. The van der Waals surface area contributed by atoms with E-state index in [0.29, 0.717) is 0 Å². The van der Waals surface area contributed by atoms with Crippen LogP contribution in [0.3, 0.4) is 0 Å². The van der Waals surface area contributed by atoms with Crippen LogP contribution in [0.25, 0.3) is 80.7 Å². The maximum Gasteiger partial charge on any atom is 0.136 e. The zero-order valence-corrected chi connectivity index (χ0v) is 31.5. The lowest BCUT2D eigenvalue weighted by Crippen LogP contribution is -2.44. The molecular formula is C51H34N4OS. The summed E-state index contributed by atoms with van der Waals surface area (Å²) in [5.74, 6) is 0.831. The number of benzene rings is 8. The van der Waals surface area contributed by atoms with Crippen LogP contribution in [-0.4, -0.2) is 10.4 Å². The lowest BCUT2D eigenvalue weighted by Gasteiger charge is -2.32. The highest BCUT2D eigenvalue weighted by molar-refractivity contribution is 7.25. The summed E-state index contributed by atoms with van der Waals surface area (Å²) >= 11 is 1.86. The first-order chi connectivity index (χ1) is 28.2. The van der Waals surface area contributed by atoms with E-state index in [4.69, 9.17) is 9.41 Å². The molecule has 0 saturated heterocycles. The van der Waals surface area contributed by atoms with Crippen LogP contribution >= 0.6 is 11.3 Å². The molecular weight excluding hydrogens is 717 g/mol. The molecule has 57 heavy (non-hydrogen) atoms. The van der Waals surface area contributed by atoms with Crippen LogP contribution in [0.5, 0.6) is 0 Å². The molecule has 3 aromatic heterocycles. The Morgan fingerprint density at radius 1 is 0.474 bits per heavy atom. The maximum absolute atomic E-state index is 6.51. The van der Waals surface area contributed by atoms with Crippen molar-refractivity contribution in [2.24, 2.45) is 4.99 Å². The molecule has 11 aromatic rings. The first kappa shape index (κ1) is 32.3. The molecule has 6 heteroatoms. The van der Waals surface area contributed by atoms with E-state index in [2.05, 4.69) is 185 Å². The quantitative estimate of drug-likeness (QED) is 0.184. The van der Waals surface area contributed by atoms with E-state index < -0.39 is 0 Å². The average Bonchev–Trinajstić information content (AvgIpc) is 3.95. The van der Waals surface area contributed by atoms with Crippen LogP contribution in [-0.2, 0) is 0 Å². The molecule has 12 rings (SSSR count). The molecule has 0 amide bonds. The number of para-hydroxylation sites is 2. The van der Waals surface area contributed by atoms with Crippen molar-refractivity contribution in [2.45, 2.75) is 12.3 Å². The number of hydrogen-bond donors (Lipinski definition) is 2. The fraction of sp³-hybridized carbons (Fsp3) is 0.0392. The van der Waals surface area contributed by atoms with Crippen LogP contribution in [0.4, 0.5) is 0 Å². The minimum Gasteiger partial charge on any atom is -0.456 e. The van der Waals surface area contributed by atoms with Gasteiger partial charge in [-0.2, -0.15) is 0 Å². The number of amidine groups is 1.